The van der Waals surface area contributed by atoms with Crippen molar-refractivity contribution in [3.63, 3.8) is 0 Å². The van der Waals surface area contributed by atoms with Crippen molar-refractivity contribution in [3.8, 4) is 11.1 Å². The third kappa shape index (κ3) is 1.53. The molecule has 1 aliphatic rings. The van der Waals surface area contributed by atoms with Crippen molar-refractivity contribution in [2.45, 2.75) is 20.3 Å². The lowest BCUT2D eigenvalue weighted by Crippen LogP contribution is -1.84. The Morgan fingerprint density at radius 3 is 2.42 bits per heavy atom. The predicted molar refractivity (Wildman–Crippen MR) is 81.7 cm³/mol. The van der Waals surface area contributed by atoms with E-state index < -0.39 is 0 Å². The molecule has 3 aromatic rings. The number of benzene rings is 3. The minimum Gasteiger partial charge on any atom is -0.0590 e. The van der Waals surface area contributed by atoms with Gasteiger partial charge in [0.15, 0.2) is 0 Å². The Morgan fingerprint density at radius 2 is 1.53 bits per heavy atom. The van der Waals surface area contributed by atoms with E-state index in [1.165, 1.54) is 44.2 Å². The third-order valence-corrected chi connectivity index (χ3v) is 4.21. The highest BCUT2D eigenvalue weighted by molar-refractivity contribution is 5.95. The van der Waals surface area contributed by atoms with E-state index in [0.29, 0.717) is 0 Å². The van der Waals surface area contributed by atoms with Gasteiger partial charge in [-0.15, -0.1) is 0 Å². The van der Waals surface area contributed by atoms with Crippen LogP contribution in [-0.2, 0) is 6.42 Å². The molecule has 0 spiro atoms. The summed E-state index contributed by atoms with van der Waals surface area (Å²) in [6.45, 7) is 4.33. The maximum atomic E-state index is 2.32. The molecule has 0 atom stereocenters. The van der Waals surface area contributed by atoms with Gasteiger partial charge in [0.2, 0.25) is 0 Å². The van der Waals surface area contributed by atoms with Crippen molar-refractivity contribution in [2.24, 2.45) is 0 Å². The Hall–Kier alpha value is -2.08. The van der Waals surface area contributed by atoms with Crippen LogP contribution < -0.4 is 0 Å². The summed E-state index contributed by atoms with van der Waals surface area (Å²) in [5, 5.41) is 2.78. The molecule has 0 heterocycles. The molecular formula is C19H16. The Balaban J connectivity index is 2.05. The lowest BCUT2D eigenvalue weighted by Gasteiger charge is -2.06. The van der Waals surface area contributed by atoms with E-state index in [1.54, 1.807) is 0 Å². The Bertz CT molecular complexity index is 810. The fourth-order valence-electron chi connectivity index (χ4n) is 3.24. The van der Waals surface area contributed by atoms with Crippen LogP contribution in [0.2, 0.25) is 0 Å². The van der Waals surface area contributed by atoms with E-state index in [1.807, 2.05) is 0 Å². The highest BCUT2D eigenvalue weighted by Gasteiger charge is 2.20. The van der Waals surface area contributed by atoms with Crippen molar-refractivity contribution in [1.29, 1.82) is 0 Å². The van der Waals surface area contributed by atoms with Gasteiger partial charge < -0.3 is 0 Å². The van der Waals surface area contributed by atoms with E-state index in [-0.39, 0.29) is 0 Å². The summed E-state index contributed by atoms with van der Waals surface area (Å²) in [7, 11) is 0. The summed E-state index contributed by atoms with van der Waals surface area (Å²) >= 11 is 0. The number of hydrogen-bond acceptors (Lipinski definition) is 0. The monoisotopic (exact) mass is 244 g/mol. The average molecular weight is 244 g/mol. The van der Waals surface area contributed by atoms with Crippen molar-refractivity contribution in [3.05, 3.63) is 70.8 Å². The van der Waals surface area contributed by atoms with Crippen LogP contribution in [0.1, 0.15) is 22.3 Å². The molecule has 0 fully saturated rings. The summed E-state index contributed by atoms with van der Waals surface area (Å²) in [5.41, 5.74) is 8.49. The molecule has 92 valence electrons. The third-order valence-electron chi connectivity index (χ3n) is 4.21. The highest BCUT2D eigenvalue weighted by Crippen LogP contribution is 2.40. The molecule has 0 unspecified atom stereocenters. The molecule has 0 aromatic heterocycles. The Morgan fingerprint density at radius 1 is 0.737 bits per heavy atom. The van der Waals surface area contributed by atoms with Gasteiger partial charge in [-0.1, -0.05) is 59.7 Å². The molecule has 0 aliphatic heterocycles. The number of rotatable bonds is 0. The molecule has 0 bridgehead atoms. The lowest BCUT2D eigenvalue weighted by molar-refractivity contribution is 1.27. The van der Waals surface area contributed by atoms with Gasteiger partial charge in [-0.25, -0.2) is 0 Å². The molecule has 0 nitrogen and oxygen atoms in total. The maximum Gasteiger partial charge on any atom is -0.000728 e. The van der Waals surface area contributed by atoms with E-state index >= 15 is 0 Å². The summed E-state index contributed by atoms with van der Waals surface area (Å²) < 4.78 is 0. The Kier molecular flexibility index (Phi) is 2.11. The molecule has 0 N–H and O–H groups in total. The minimum atomic E-state index is 1.07. The molecule has 3 aromatic carbocycles. The minimum absolute atomic E-state index is 1.07. The Labute approximate surface area is 113 Å². The van der Waals surface area contributed by atoms with Gasteiger partial charge in [0.1, 0.15) is 0 Å². The quantitative estimate of drug-likeness (QED) is 0.407. The predicted octanol–water partition coefficient (Wildman–Crippen LogP) is 5.03. The lowest BCUT2D eigenvalue weighted by atomic mass is 9.98. The number of fused-ring (bicyclic) bond motifs is 5. The molecule has 4 rings (SSSR count). The first-order valence-corrected chi connectivity index (χ1v) is 6.84. The van der Waals surface area contributed by atoms with E-state index in [2.05, 4.69) is 62.4 Å². The van der Waals surface area contributed by atoms with Crippen LogP contribution >= 0.6 is 0 Å². The van der Waals surface area contributed by atoms with Gasteiger partial charge in [0.05, 0.1) is 0 Å². The van der Waals surface area contributed by atoms with E-state index in [0.717, 1.165) is 6.42 Å². The van der Waals surface area contributed by atoms with Gasteiger partial charge in [0.25, 0.3) is 0 Å². The first kappa shape index (κ1) is 10.8. The molecule has 19 heavy (non-hydrogen) atoms. The highest BCUT2D eigenvalue weighted by atomic mass is 14.2. The second-order valence-corrected chi connectivity index (χ2v) is 5.65. The zero-order valence-electron chi connectivity index (χ0n) is 11.3. The smallest absolute Gasteiger partial charge is 0.000728 e. The molecule has 0 radical (unpaired) electrons. The van der Waals surface area contributed by atoms with Crippen molar-refractivity contribution in [2.75, 3.05) is 0 Å². The second kappa shape index (κ2) is 3.71. The van der Waals surface area contributed by atoms with Crippen molar-refractivity contribution >= 4 is 10.8 Å². The van der Waals surface area contributed by atoms with E-state index in [9.17, 15) is 0 Å². The summed E-state index contributed by atoms with van der Waals surface area (Å²) in [6.07, 6.45) is 1.07. The van der Waals surface area contributed by atoms with Crippen molar-refractivity contribution < 1.29 is 0 Å². The average Bonchev–Trinajstić information content (AvgIpc) is 2.76. The topological polar surface area (TPSA) is 0 Å². The van der Waals surface area contributed by atoms with Gasteiger partial charge in [-0.2, -0.15) is 0 Å². The van der Waals surface area contributed by atoms with Gasteiger partial charge in [-0.3, -0.25) is 0 Å². The maximum absolute atomic E-state index is 2.32. The van der Waals surface area contributed by atoms with Crippen LogP contribution in [0, 0.1) is 13.8 Å². The standard InChI is InChI=1S/C19H16/c1-12-4-7-16-14(9-12)6-8-17-18-10-13(2)3-5-15(18)11-19(16)17/h3-10H,11H2,1-2H3. The van der Waals surface area contributed by atoms with Crippen LogP contribution in [0.4, 0.5) is 0 Å². The second-order valence-electron chi connectivity index (χ2n) is 5.65. The van der Waals surface area contributed by atoms with Crippen LogP contribution in [0.5, 0.6) is 0 Å². The van der Waals surface area contributed by atoms with Crippen molar-refractivity contribution in [1.82, 2.24) is 0 Å². The molecule has 0 saturated heterocycles. The molecule has 0 amide bonds. The first-order chi connectivity index (χ1) is 9.22. The van der Waals surface area contributed by atoms with Crippen LogP contribution in [0.25, 0.3) is 21.9 Å². The molecule has 0 heteroatoms. The molecule has 0 saturated carbocycles. The van der Waals surface area contributed by atoms with Crippen LogP contribution in [0.3, 0.4) is 0 Å². The summed E-state index contributed by atoms with van der Waals surface area (Å²) in [4.78, 5) is 0. The summed E-state index contributed by atoms with van der Waals surface area (Å²) in [5.74, 6) is 0. The zero-order valence-corrected chi connectivity index (χ0v) is 11.3. The van der Waals surface area contributed by atoms with Gasteiger partial charge >= 0.3 is 0 Å². The summed E-state index contributed by atoms with van der Waals surface area (Å²) in [6, 6.07) is 18.2. The molecule has 1 aliphatic carbocycles. The zero-order chi connectivity index (χ0) is 13.0. The van der Waals surface area contributed by atoms with Gasteiger partial charge in [-0.05, 0) is 53.3 Å². The van der Waals surface area contributed by atoms with E-state index in [4.69, 9.17) is 0 Å². The number of aryl methyl sites for hydroxylation is 2. The molecular weight excluding hydrogens is 228 g/mol. The van der Waals surface area contributed by atoms with Crippen LogP contribution in [-0.4, -0.2) is 0 Å². The largest absolute Gasteiger partial charge is 0.0590 e. The first-order valence-electron chi connectivity index (χ1n) is 6.84. The SMILES string of the molecule is Cc1ccc2c(c1)-c1ccc3cc(C)ccc3c1C2. The number of hydrogen-bond donors (Lipinski definition) is 0. The normalized spacial score (nSPS) is 12.5. The fraction of sp³-hybridized carbons (Fsp3) is 0.158. The van der Waals surface area contributed by atoms with Crippen LogP contribution in [0.15, 0.2) is 48.5 Å². The fourth-order valence-corrected chi connectivity index (χ4v) is 3.24. The van der Waals surface area contributed by atoms with Gasteiger partial charge in [0, 0.05) is 0 Å².